The van der Waals surface area contributed by atoms with E-state index in [2.05, 4.69) is 73.8 Å². The Morgan fingerprint density at radius 2 is 1.74 bits per heavy atom. The van der Waals surface area contributed by atoms with Crippen LogP contribution in [-0.4, -0.2) is 33.6 Å². The summed E-state index contributed by atoms with van der Waals surface area (Å²) < 4.78 is 34.4. The van der Waals surface area contributed by atoms with Gasteiger partial charge in [0.15, 0.2) is 6.54 Å². The summed E-state index contributed by atoms with van der Waals surface area (Å²) in [4.78, 5) is 2.07. The van der Waals surface area contributed by atoms with Crippen LogP contribution in [0, 0.1) is 0 Å². The first-order valence-electron chi connectivity index (χ1n) is 11.7. The molecule has 5 nitrogen and oxygen atoms in total. The molecule has 1 aliphatic carbocycles. The molecule has 0 amide bonds. The lowest BCUT2D eigenvalue weighted by Crippen LogP contribution is -2.42. The lowest BCUT2D eigenvalue weighted by Gasteiger charge is -2.33. The molecule has 1 heterocycles. The first-order chi connectivity index (χ1) is 16.0. The number of hydrogen-bond donors (Lipinski definition) is 1. The quantitative estimate of drug-likeness (QED) is 0.465. The van der Waals surface area contributed by atoms with Gasteiger partial charge in [-0.15, -0.1) is 0 Å². The van der Waals surface area contributed by atoms with Crippen LogP contribution in [0.3, 0.4) is 0 Å². The van der Waals surface area contributed by atoms with Gasteiger partial charge < -0.3 is 4.90 Å². The molecule has 0 saturated heterocycles. The van der Waals surface area contributed by atoms with Crippen molar-refractivity contribution in [2.75, 3.05) is 25.5 Å². The van der Waals surface area contributed by atoms with Gasteiger partial charge in [0.05, 0.1) is 4.90 Å². The van der Waals surface area contributed by atoms with Crippen LogP contribution < -0.4 is 20.1 Å². The number of fused-ring (bicyclic) bond motifs is 3. The van der Waals surface area contributed by atoms with Crippen molar-refractivity contribution in [3.05, 3.63) is 93.0 Å². The van der Waals surface area contributed by atoms with Gasteiger partial charge in [0.2, 0.25) is 5.36 Å². The van der Waals surface area contributed by atoms with Crippen LogP contribution in [0.25, 0.3) is 6.08 Å². The van der Waals surface area contributed by atoms with Gasteiger partial charge >= 0.3 is 0 Å². The highest BCUT2D eigenvalue weighted by Gasteiger charge is 2.32. The molecule has 3 aromatic rings. The van der Waals surface area contributed by atoms with E-state index in [0.717, 1.165) is 24.9 Å². The van der Waals surface area contributed by atoms with Gasteiger partial charge in [0.1, 0.15) is 6.54 Å². The van der Waals surface area contributed by atoms with Crippen molar-refractivity contribution < 1.29 is 13.0 Å². The number of anilines is 1. The van der Waals surface area contributed by atoms with Crippen molar-refractivity contribution >= 4 is 21.9 Å². The monoisotopic (exact) mass is 475 g/mol. The van der Waals surface area contributed by atoms with Crippen molar-refractivity contribution in [2.45, 2.75) is 43.5 Å². The topological polar surface area (TPSA) is 60.6 Å². The Morgan fingerprint density at radius 3 is 2.41 bits per heavy atom. The minimum absolute atomic E-state index is 0.0718. The molecule has 6 heteroatoms. The van der Waals surface area contributed by atoms with Crippen molar-refractivity contribution in [3.8, 4) is 0 Å². The van der Waals surface area contributed by atoms with E-state index in [1.54, 1.807) is 12.1 Å². The van der Waals surface area contributed by atoms with E-state index < -0.39 is 10.1 Å². The molecule has 0 spiro atoms. The van der Waals surface area contributed by atoms with Crippen LogP contribution in [0.4, 0.5) is 5.69 Å². The van der Waals surface area contributed by atoms with Crippen LogP contribution >= 0.6 is 0 Å². The molecule has 5 rings (SSSR count). The molecule has 1 N–H and O–H groups in total. The smallest absolute Gasteiger partial charge is 0.294 e. The molecule has 2 aliphatic rings. The second kappa shape index (κ2) is 8.07. The zero-order valence-corrected chi connectivity index (χ0v) is 21.0. The summed E-state index contributed by atoms with van der Waals surface area (Å²) in [5.41, 5.74) is 7.43. The van der Waals surface area contributed by atoms with E-state index in [1.807, 2.05) is 0 Å². The fourth-order valence-electron chi connectivity index (χ4n) is 5.34. The number of rotatable bonds is 4. The van der Waals surface area contributed by atoms with E-state index in [4.69, 9.17) is 0 Å². The molecule has 0 bridgehead atoms. The second-order valence-electron chi connectivity index (χ2n) is 10.1. The normalized spacial score (nSPS) is 16.2. The Bertz CT molecular complexity index is 1520. The van der Waals surface area contributed by atoms with Gasteiger partial charge in [-0.2, -0.15) is 8.42 Å². The molecule has 0 fully saturated rings. The molecule has 0 atom stereocenters. The molecule has 0 aromatic heterocycles. The number of nitrogens with zero attached hydrogens (tertiary/aromatic N) is 2. The van der Waals surface area contributed by atoms with Gasteiger partial charge in [-0.25, -0.2) is 4.58 Å². The molecular formula is C28H31N2O3S+. The third-order valence-corrected chi connectivity index (χ3v) is 8.14. The number of hydrogen-bond acceptors (Lipinski definition) is 3. The zero-order chi connectivity index (χ0) is 24.3. The fraction of sp³-hybridized carbons (Fsp3) is 0.321. The van der Waals surface area contributed by atoms with Crippen molar-refractivity contribution in [1.82, 2.24) is 4.58 Å². The molecule has 34 heavy (non-hydrogen) atoms. The van der Waals surface area contributed by atoms with Crippen molar-refractivity contribution in [3.63, 3.8) is 0 Å². The van der Waals surface area contributed by atoms with Gasteiger partial charge in [0, 0.05) is 48.8 Å². The molecule has 0 radical (unpaired) electrons. The van der Waals surface area contributed by atoms with Crippen LogP contribution in [0.15, 0.2) is 59.5 Å². The first-order valence-corrected chi connectivity index (χ1v) is 13.1. The van der Waals surface area contributed by atoms with E-state index in [0.29, 0.717) is 6.54 Å². The van der Waals surface area contributed by atoms with Crippen molar-refractivity contribution in [2.24, 2.45) is 0 Å². The predicted molar refractivity (Wildman–Crippen MR) is 137 cm³/mol. The highest BCUT2D eigenvalue weighted by Crippen LogP contribution is 2.36. The Kier molecular flexibility index (Phi) is 5.41. The molecule has 0 saturated carbocycles. The van der Waals surface area contributed by atoms with Gasteiger partial charge in [-0.3, -0.25) is 4.55 Å². The first kappa shape index (κ1) is 22.8. The third kappa shape index (κ3) is 3.95. The van der Waals surface area contributed by atoms with Gasteiger partial charge in [-0.05, 0) is 64.7 Å². The maximum Gasteiger partial charge on any atom is 0.294 e. The summed E-state index contributed by atoms with van der Waals surface area (Å²) in [7, 11) is -0.0269. The Hall–Kier alpha value is -2.96. The summed E-state index contributed by atoms with van der Waals surface area (Å²) in [6.07, 6.45) is 4.46. The average Bonchev–Trinajstić information content (AvgIpc) is 2.78. The lowest BCUT2D eigenvalue weighted by atomic mass is 9.71. The van der Waals surface area contributed by atoms with Crippen LogP contribution in [0.5, 0.6) is 0 Å². The van der Waals surface area contributed by atoms with E-state index in [9.17, 15) is 13.0 Å². The average molecular weight is 476 g/mol. The van der Waals surface area contributed by atoms with E-state index in [1.165, 1.54) is 50.6 Å². The Morgan fingerprint density at radius 1 is 1.00 bits per heavy atom. The van der Waals surface area contributed by atoms with Gasteiger partial charge in [-0.1, -0.05) is 32.0 Å². The highest BCUT2D eigenvalue weighted by molar-refractivity contribution is 7.85. The van der Waals surface area contributed by atoms with Crippen LogP contribution in [0.1, 0.15) is 48.1 Å². The summed E-state index contributed by atoms with van der Waals surface area (Å²) in [5.74, 6) is 0. The highest BCUT2D eigenvalue weighted by atomic mass is 32.2. The Balaban J connectivity index is 1.63. The van der Waals surface area contributed by atoms with Gasteiger partial charge in [0.25, 0.3) is 10.1 Å². The maximum absolute atomic E-state index is 11.4. The fourth-order valence-corrected chi connectivity index (χ4v) is 5.82. The minimum atomic E-state index is -4.18. The summed E-state index contributed by atoms with van der Waals surface area (Å²) >= 11 is 0. The number of aryl methyl sites for hydroxylation is 1. The van der Waals surface area contributed by atoms with Crippen LogP contribution in [-0.2, 0) is 28.5 Å². The largest absolute Gasteiger partial charge is 0.378 e. The Labute approximate surface area is 201 Å². The van der Waals surface area contributed by atoms with Crippen molar-refractivity contribution in [1.29, 1.82) is 0 Å². The standard InChI is InChI=1S/C28H30N2O3S/c1-28(2)25-16-23(29(3)4)10-9-20(25)14-22-15-21-6-5-13-30(27(21)17-26(22)28)18-19-7-11-24(12-8-19)34(31,32)33/h7-12,14-17H,5-6,13,18H2,1-4H3/p+1. The van der Waals surface area contributed by atoms with E-state index in [-0.39, 0.29) is 10.3 Å². The predicted octanol–water partition coefficient (Wildman–Crippen LogP) is 3.10. The summed E-state index contributed by atoms with van der Waals surface area (Å²) in [5, 5.41) is 2.56. The number of benzene rings is 3. The van der Waals surface area contributed by atoms with E-state index >= 15 is 0 Å². The maximum atomic E-state index is 11.4. The SMILES string of the molecule is CN(C)c1ccc2c(c1)C(C)(C)c1cc3c(cc1=C2)CCC[N+]=3Cc1ccc(S(=O)(=O)O)cc1. The minimum Gasteiger partial charge on any atom is -0.378 e. The molecule has 3 aromatic carbocycles. The summed E-state index contributed by atoms with van der Waals surface area (Å²) in [6, 6.07) is 18.0. The molecule has 176 valence electrons. The molecule has 1 aliphatic heterocycles. The third-order valence-electron chi connectivity index (χ3n) is 7.27. The lowest BCUT2D eigenvalue weighted by molar-refractivity contribution is 0.483. The van der Waals surface area contributed by atoms with Crippen LogP contribution in [0.2, 0.25) is 0 Å². The second-order valence-corrected chi connectivity index (χ2v) is 11.6. The zero-order valence-electron chi connectivity index (χ0n) is 20.2. The molecule has 0 unspecified atom stereocenters. The summed E-state index contributed by atoms with van der Waals surface area (Å²) in [6.45, 7) is 6.27. The molecular weight excluding hydrogens is 444 g/mol.